The molecule has 0 bridgehead atoms. The summed E-state index contributed by atoms with van der Waals surface area (Å²) >= 11 is -3.51. The topological polar surface area (TPSA) is 73.2 Å². The molecule has 0 saturated heterocycles. The first-order valence-corrected chi connectivity index (χ1v) is 2.99. The molecule has 0 aromatic carbocycles. The molecule has 74 valence electrons. The number of hydrogen-bond acceptors (Lipinski definition) is 4. The molecule has 0 rings (SSSR count). The van der Waals surface area contributed by atoms with E-state index in [2.05, 4.69) is 4.18 Å². The van der Waals surface area contributed by atoms with Gasteiger partial charge in [0.05, 0.1) is 17.4 Å². The van der Waals surface area contributed by atoms with E-state index in [0.717, 1.165) is 0 Å². The third-order valence-corrected chi connectivity index (χ3v) is 0.488. The van der Waals surface area contributed by atoms with Crippen LogP contribution in [0.3, 0.4) is 0 Å². The Hall–Kier alpha value is -0.131. The standard InChI is InChI=1S/C2H3N.CHF3O3S.Fe/c1-2-3;2-1(3,4)7-8(5)6;/h1H3;(H,5,6);/p-1. The second-order valence-corrected chi connectivity index (χ2v) is 1.53. The molecule has 0 N–H and O–H groups in total. The minimum Gasteiger partial charge on any atom is -0.750 e. The molecule has 0 radical (unpaired) electrons. The van der Waals surface area contributed by atoms with E-state index in [-0.39, 0.29) is 17.1 Å². The number of nitrogens with zero attached hydrogens (tertiary/aromatic N) is 1. The average molecular weight is 246 g/mol. The molecule has 0 aliphatic rings. The van der Waals surface area contributed by atoms with Gasteiger partial charge in [0.15, 0.2) is 0 Å². The van der Waals surface area contributed by atoms with E-state index >= 15 is 0 Å². The van der Waals surface area contributed by atoms with Gasteiger partial charge in [-0.15, -0.1) is 13.2 Å². The summed E-state index contributed by atoms with van der Waals surface area (Å²) < 4.78 is 52.6. The fraction of sp³-hybridized carbons (Fsp3) is 0.667. The van der Waals surface area contributed by atoms with Crippen molar-refractivity contribution >= 4 is 11.4 Å². The summed E-state index contributed by atoms with van der Waals surface area (Å²) in [4.78, 5) is 0. The Balaban J connectivity index is -0.000000177. The number of rotatable bonds is 1. The summed E-state index contributed by atoms with van der Waals surface area (Å²) in [7, 11) is 0. The summed E-state index contributed by atoms with van der Waals surface area (Å²) in [6, 6.07) is 1.75. The van der Waals surface area contributed by atoms with Gasteiger partial charge in [0.25, 0.3) is 0 Å². The Morgan fingerprint density at radius 3 is 1.83 bits per heavy atom. The summed E-state index contributed by atoms with van der Waals surface area (Å²) in [6.07, 6.45) is -5.09. The number of nitriles is 1. The zero-order chi connectivity index (χ0) is 9.49. The molecule has 0 spiro atoms. The minimum atomic E-state index is -5.09. The van der Waals surface area contributed by atoms with Gasteiger partial charge < -0.3 is 4.55 Å². The van der Waals surface area contributed by atoms with Gasteiger partial charge in [0.1, 0.15) is 0 Å². The second-order valence-electron chi connectivity index (χ2n) is 0.957. The monoisotopic (exact) mass is 246 g/mol. The van der Waals surface area contributed by atoms with Crippen LogP contribution in [-0.4, -0.2) is 15.1 Å². The van der Waals surface area contributed by atoms with E-state index in [9.17, 15) is 13.2 Å². The maximum Gasteiger partial charge on any atom is 0.534 e. The van der Waals surface area contributed by atoms with Crippen molar-refractivity contribution in [1.82, 2.24) is 0 Å². The molecule has 0 aliphatic carbocycles. The Labute approximate surface area is 79.7 Å². The molecular formula is C3H3F3FeNO3S-. The minimum absolute atomic E-state index is 0. The molecule has 0 saturated carbocycles. The van der Waals surface area contributed by atoms with Crippen LogP contribution in [0.25, 0.3) is 0 Å². The molecule has 0 aromatic rings. The summed E-state index contributed by atoms with van der Waals surface area (Å²) in [5.41, 5.74) is 0. The predicted octanol–water partition coefficient (Wildman–Crippen LogP) is 0.844. The van der Waals surface area contributed by atoms with Crippen molar-refractivity contribution in [2.24, 2.45) is 0 Å². The van der Waals surface area contributed by atoms with Crippen molar-refractivity contribution < 1.29 is 43.2 Å². The zero-order valence-electron chi connectivity index (χ0n) is 5.57. The van der Waals surface area contributed by atoms with E-state index in [1.807, 2.05) is 0 Å². The van der Waals surface area contributed by atoms with Crippen molar-refractivity contribution in [2.75, 3.05) is 0 Å². The Kier molecular flexibility index (Phi) is 13.3. The quantitative estimate of drug-likeness (QED) is 0.507. The van der Waals surface area contributed by atoms with Crippen LogP contribution < -0.4 is 0 Å². The van der Waals surface area contributed by atoms with E-state index in [1.54, 1.807) is 6.07 Å². The number of alkyl halides is 3. The van der Waals surface area contributed by atoms with Gasteiger partial charge in [-0.3, -0.25) is 0 Å². The van der Waals surface area contributed by atoms with Gasteiger partial charge in [-0.1, -0.05) is 0 Å². The second kappa shape index (κ2) is 8.96. The SMILES string of the molecule is CC#N.O=S([O-])OC(F)(F)F.[Fe]. The normalized spacial score (nSPS) is 11.3. The Bertz CT molecular complexity index is 167. The number of halogens is 3. The summed E-state index contributed by atoms with van der Waals surface area (Å²) in [6.45, 7) is 1.43. The molecule has 0 aromatic heterocycles. The van der Waals surface area contributed by atoms with Crippen LogP contribution in [0.4, 0.5) is 13.2 Å². The molecule has 12 heavy (non-hydrogen) atoms. The van der Waals surface area contributed by atoms with Gasteiger partial charge in [0, 0.05) is 24.0 Å². The van der Waals surface area contributed by atoms with Crippen molar-refractivity contribution in [3.05, 3.63) is 0 Å². The van der Waals surface area contributed by atoms with Crippen molar-refractivity contribution in [3.63, 3.8) is 0 Å². The van der Waals surface area contributed by atoms with E-state index in [0.29, 0.717) is 0 Å². The Morgan fingerprint density at radius 2 is 1.83 bits per heavy atom. The molecule has 1 unspecified atom stereocenters. The van der Waals surface area contributed by atoms with Gasteiger partial charge in [-0.05, 0) is 0 Å². The van der Waals surface area contributed by atoms with Crippen LogP contribution in [0.2, 0.25) is 0 Å². The molecule has 0 amide bonds. The molecule has 9 heteroatoms. The van der Waals surface area contributed by atoms with Crippen LogP contribution >= 0.6 is 0 Å². The Morgan fingerprint density at radius 1 is 1.58 bits per heavy atom. The zero-order valence-corrected chi connectivity index (χ0v) is 7.49. The van der Waals surface area contributed by atoms with Gasteiger partial charge in [-0.25, -0.2) is 8.39 Å². The fourth-order valence-corrected chi connectivity index (χ4v) is 0.231. The first-order chi connectivity index (χ1) is 4.83. The van der Waals surface area contributed by atoms with Crippen LogP contribution in [0.5, 0.6) is 0 Å². The van der Waals surface area contributed by atoms with Crippen LogP contribution in [-0.2, 0) is 32.6 Å². The van der Waals surface area contributed by atoms with Gasteiger partial charge in [-0.2, -0.15) is 5.26 Å². The van der Waals surface area contributed by atoms with Crippen LogP contribution in [0.15, 0.2) is 0 Å². The molecule has 0 aliphatic heterocycles. The maximum atomic E-state index is 10.7. The molecule has 0 fully saturated rings. The van der Waals surface area contributed by atoms with Crippen molar-refractivity contribution in [1.29, 1.82) is 5.26 Å². The maximum absolute atomic E-state index is 10.7. The molecule has 0 heterocycles. The smallest absolute Gasteiger partial charge is 0.534 e. The van der Waals surface area contributed by atoms with Crippen molar-refractivity contribution in [2.45, 2.75) is 13.3 Å². The number of hydrogen-bond donors (Lipinski definition) is 0. The third kappa shape index (κ3) is 32.7. The first kappa shape index (κ1) is 17.8. The van der Waals surface area contributed by atoms with Gasteiger partial charge >= 0.3 is 6.36 Å². The largest absolute Gasteiger partial charge is 0.750 e. The first-order valence-electron chi connectivity index (χ1n) is 1.99. The van der Waals surface area contributed by atoms with E-state index in [1.165, 1.54) is 6.92 Å². The van der Waals surface area contributed by atoms with Crippen LogP contribution in [0.1, 0.15) is 6.92 Å². The molecular weight excluding hydrogens is 243 g/mol. The average Bonchev–Trinajstić information content (AvgIpc) is 1.57. The predicted molar refractivity (Wildman–Crippen MR) is 27.3 cm³/mol. The molecule has 4 nitrogen and oxygen atoms in total. The van der Waals surface area contributed by atoms with Crippen LogP contribution in [0, 0.1) is 11.3 Å². The third-order valence-electron chi connectivity index (χ3n) is 0.163. The van der Waals surface area contributed by atoms with Crippen molar-refractivity contribution in [3.8, 4) is 6.07 Å². The van der Waals surface area contributed by atoms with E-state index < -0.39 is 17.7 Å². The van der Waals surface area contributed by atoms with E-state index in [4.69, 9.17) is 14.0 Å². The summed E-state index contributed by atoms with van der Waals surface area (Å²) in [5.74, 6) is 0. The summed E-state index contributed by atoms with van der Waals surface area (Å²) in [5, 5.41) is 7.32. The van der Waals surface area contributed by atoms with Gasteiger partial charge in [0.2, 0.25) is 0 Å². The molecule has 1 atom stereocenters. The fourth-order valence-electron chi connectivity index (χ4n) is 0.0772.